The van der Waals surface area contributed by atoms with Crippen LogP contribution in [0.5, 0.6) is 5.75 Å². The van der Waals surface area contributed by atoms with Gasteiger partial charge in [-0.2, -0.15) is 0 Å². The van der Waals surface area contributed by atoms with Gasteiger partial charge in [0.2, 0.25) is 0 Å². The first-order valence-corrected chi connectivity index (χ1v) is 11.5. The molecule has 0 unspecified atom stereocenters. The van der Waals surface area contributed by atoms with E-state index in [1.807, 2.05) is 24.3 Å². The van der Waals surface area contributed by atoms with Crippen molar-refractivity contribution < 1.29 is 28.2 Å². The molecule has 1 heterocycles. The fraction of sp³-hybridized carbons (Fsp3) is 0.160. The Bertz CT molecular complexity index is 1220. The zero-order valence-electron chi connectivity index (χ0n) is 18.0. The van der Waals surface area contributed by atoms with Crippen molar-refractivity contribution in [1.82, 2.24) is 0 Å². The second kappa shape index (κ2) is 10.8. The zero-order chi connectivity index (χ0) is 23.9. The van der Waals surface area contributed by atoms with Crippen molar-refractivity contribution in [1.29, 1.82) is 0 Å². The molecule has 0 saturated heterocycles. The van der Waals surface area contributed by atoms with Crippen LogP contribution < -0.4 is 15.0 Å². The lowest BCUT2D eigenvalue weighted by Gasteiger charge is -2.28. The molecule has 34 heavy (non-hydrogen) atoms. The summed E-state index contributed by atoms with van der Waals surface area (Å²) in [7, 11) is 0. The Morgan fingerprint density at radius 1 is 0.941 bits per heavy atom. The van der Waals surface area contributed by atoms with E-state index in [-0.39, 0.29) is 22.9 Å². The molecule has 1 aliphatic rings. The van der Waals surface area contributed by atoms with Crippen LogP contribution in [-0.4, -0.2) is 43.3 Å². The Balaban J connectivity index is 1.35. The van der Waals surface area contributed by atoms with Gasteiger partial charge in [0, 0.05) is 17.2 Å². The summed E-state index contributed by atoms with van der Waals surface area (Å²) in [6, 6.07) is 19.6. The third-order valence-electron chi connectivity index (χ3n) is 4.97. The van der Waals surface area contributed by atoms with Gasteiger partial charge in [-0.25, -0.2) is 9.18 Å². The number of carbonyl (C=O) groups is 3. The van der Waals surface area contributed by atoms with Crippen LogP contribution in [0, 0.1) is 5.82 Å². The minimum absolute atomic E-state index is 0.0278. The molecule has 0 fully saturated rings. The minimum Gasteiger partial charge on any atom is -0.483 e. The van der Waals surface area contributed by atoms with Gasteiger partial charge < -0.3 is 19.7 Å². The monoisotopic (exact) mass is 480 g/mol. The van der Waals surface area contributed by atoms with Crippen molar-refractivity contribution in [3.8, 4) is 5.75 Å². The number of nitrogens with zero attached hydrogens (tertiary/aromatic N) is 1. The lowest BCUT2D eigenvalue weighted by Crippen LogP contribution is -2.38. The number of halogens is 1. The number of hydrogen-bond acceptors (Lipinski definition) is 6. The summed E-state index contributed by atoms with van der Waals surface area (Å²) in [6.45, 7) is -0.353. The number of nitrogens with one attached hydrogen (secondary N) is 1. The molecule has 0 saturated carbocycles. The van der Waals surface area contributed by atoms with Crippen LogP contribution in [0.3, 0.4) is 0 Å². The van der Waals surface area contributed by atoms with Crippen molar-refractivity contribution in [3.05, 3.63) is 84.2 Å². The highest BCUT2D eigenvalue weighted by Gasteiger charge is 2.24. The number of fused-ring (bicyclic) bond motifs is 1. The topological polar surface area (TPSA) is 84.9 Å². The van der Waals surface area contributed by atoms with E-state index in [0.29, 0.717) is 6.54 Å². The van der Waals surface area contributed by atoms with Gasteiger partial charge in [0.05, 0.1) is 11.4 Å². The summed E-state index contributed by atoms with van der Waals surface area (Å²) in [4.78, 5) is 40.1. The number of ether oxygens (including phenoxy) is 2. The molecule has 0 spiro atoms. The Labute approximate surface area is 199 Å². The van der Waals surface area contributed by atoms with E-state index in [1.165, 1.54) is 30.3 Å². The normalized spacial score (nSPS) is 12.4. The standard InChI is InChI=1S/C25H21FN2O5S/c26-18-8-2-3-9-19(18)27-23(29)15-32-21-11-5-1-7-17(21)25(31)33-16-24(30)28-13-14-34-22-12-6-4-10-20(22)28/h1-12H,13-16H2,(H,27,29). The van der Waals surface area contributed by atoms with E-state index in [9.17, 15) is 18.8 Å². The number of carbonyl (C=O) groups excluding carboxylic acids is 3. The van der Waals surface area contributed by atoms with Gasteiger partial charge in [0.1, 0.15) is 17.1 Å². The predicted molar refractivity (Wildman–Crippen MR) is 127 cm³/mol. The van der Waals surface area contributed by atoms with E-state index in [2.05, 4.69) is 5.32 Å². The number of hydrogen-bond donors (Lipinski definition) is 1. The third-order valence-corrected chi connectivity index (χ3v) is 6.01. The Hall–Kier alpha value is -3.85. The van der Waals surface area contributed by atoms with Crippen LogP contribution in [0.25, 0.3) is 0 Å². The molecule has 4 rings (SSSR count). The molecule has 7 nitrogen and oxygen atoms in total. The zero-order valence-corrected chi connectivity index (χ0v) is 18.8. The summed E-state index contributed by atoms with van der Waals surface area (Å²) in [5, 5.41) is 2.41. The van der Waals surface area contributed by atoms with Crippen LogP contribution in [0.4, 0.5) is 15.8 Å². The average Bonchev–Trinajstić information content (AvgIpc) is 2.87. The summed E-state index contributed by atoms with van der Waals surface area (Å²) in [5.74, 6) is -1.38. The lowest BCUT2D eigenvalue weighted by atomic mass is 10.2. The molecule has 2 amide bonds. The maximum Gasteiger partial charge on any atom is 0.342 e. The number of benzene rings is 3. The van der Waals surface area contributed by atoms with Gasteiger partial charge in [-0.15, -0.1) is 11.8 Å². The van der Waals surface area contributed by atoms with E-state index < -0.39 is 30.9 Å². The largest absolute Gasteiger partial charge is 0.483 e. The lowest BCUT2D eigenvalue weighted by molar-refractivity contribution is -0.121. The number of thioether (sulfide) groups is 1. The van der Waals surface area contributed by atoms with E-state index in [4.69, 9.17) is 9.47 Å². The van der Waals surface area contributed by atoms with Gasteiger partial charge in [-0.3, -0.25) is 9.59 Å². The minimum atomic E-state index is -0.752. The molecule has 9 heteroatoms. The van der Waals surface area contributed by atoms with E-state index >= 15 is 0 Å². The molecule has 1 N–H and O–H groups in total. The van der Waals surface area contributed by atoms with Crippen molar-refractivity contribution in [3.63, 3.8) is 0 Å². The molecule has 0 radical (unpaired) electrons. The molecule has 3 aromatic rings. The quantitative estimate of drug-likeness (QED) is 0.512. The van der Waals surface area contributed by atoms with Crippen molar-refractivity contribution in [2.75, 3.05) is 35.7 Å². The predicted octanol–water partition coefficient (Wildman–Crippen LogP) is 4.14. The van der Waals surface area contributed by atoms with Crippen LogP contribution in [0.1, 0.15) is 10.4 Å². The van der Waals surface area contributed by atoms with Crippen LogP contribution in [0.2, 0.25) is 0 Å². The van der Waals surface area contributed by atoms with E-state index in [1.54, 1.807) is 34.9 Å². The van der Waals surface area contributed by atoms with Crippen LogP contribution in [0.15, 0.2) is 77.7 Å². The number of anilines is 2. The average molecular weight is 481 g/mol. The summed E-state index contributed by atoms with van der Waals surface area (Å²) in [6.07, 6.45) is 0. The highest BCUT2D eigenvalue weighted by Crippen LogP contribution is 2.34. The van der Waals surface area contributed by atoms with Crippen LogP contribution >= 0.6 is 11.8 Å². The Kier molecular flexibility index (Phi) is 7.44. The Morgan fingerprint density at radius 3 is 2.53 bits per heavy atom. The molecule has 0 aromatic heterocycles. The molecular weight excluding hydrogens is 459 g/mol. The highest BCUT2D eigenvalue weighted by molar-refractivity contribution is 7.99. The molecule has 0 bridgehead atoms. The maximum atomic E-state index is 13.7. The summed E-state index contributed by atoms with van der Waals surface area (Å²) >= 11 is 1.67. The van der Waals surface area contributed by atoms with Gasteiger partial charge in [-0.1, -0.05) is 36.4 Å². The van der Waals surface area contributed by atoms with Crippen LogP contribution in [-0.2, 0) is 14.3 Å². The first-order chi connectivity index (χ1) is 16.5. The molecule has 1 aliphatic heterocycles. The maximum absolute atomic E-state index is 13.7. The SMILES string of the molecule is O=C(COc1ccccc1C(=O)OCC(=O)N1CCSc2ccccc21)Nc1ccccc1F. The van der Waals surface area contributed by atoms with E-state index in [0.717, 1.165) is 16.3 Å². The van der Waals surface area contributed by atoms with Gasteiger partial charge in [-0.05, 0) is 36.4 Å². The first-order valence-electron chi connectivity index (χ1n) is 10.5. The molecule has 3 aromatic carbocycles. The molecule has 0 atom stereocenters. The summed E-state index contributed by atoms with van der Waals surface area (Å²) < 4.78 is 24.4. The van der Waals surface area contributed by atoms with Gasteiger partial charge >= 0.3 is 5.97 Å². The molecule has 174 valence electrons. The highest BCUT2D eigenvalue weighted by atomic mass is 32.2. The van der Waals surface area contributed by atoms with Crippen molar-refractivity contribution >= 4 is 40.9 Å². The smallest absolute Gasteiger partial charge is 0.342 e. The number of amides is 2. The molecule has 0 aliphatic carbocycles. The fourth-order valence-electron chi connectivity index (χ4n) is 3.36. The van der Waals surface area contributed by atoms with Gasteiger partial charge in [0.15, 0.2) is 13.2 Å². The summed E-state index contributed by atoms with van der Waals surface area (Å²) in [5.41, 5.74) is 0.896. The number of rotatable bonds is 7. The second-order valence-corrected chi connectivity index (χ2v) is 8.39. The Morgan fingerprint density at radius 2 is 1.68 bits per heavy atom. The molecular formula is C25H21FN2O5S. The fourth-order valence-corrected chi connectivity index (χ4v) is 4.36. The first kappa shape index (κ1) is 23.3. The van der Waals surface area contributed by atoms with Crippen molar-refractivity contribution in [2.45, 2.75) is 4.90 Å². The van der Waals surface area contributed by atoms with Crippen molar-refractivity contribution in [2.24, 2.45) is 0 Å². The van der Waals surface area contributed by atoms with Gasteiger partial charge in [0.25, 0.3) is 11.8 Å². The third kappa shape index (κ3) is 5.55. The number of para-hydroxylation sites is 3. The number of esters is 1. The second-order valence-electron chi connectivity index (χ2n) is 7.25.